The van der Waals surface area contributed by atoms with Crippen molar-refractivity contribution in [3.05, 3.63) is 117 Å². The second-order valence-corrected chi connectivity index (χ2v) is 11.2. The molecule has 0 amide bonds. The largest absolute Gasteiger partial charge is 0.382 e. The van der Waals surface area contributed by atoms with Crippen LogP contribution in [0.1, 0.15) is 70.9 Å². The molecule has 3 aromatic carbocycles. The predicted octanol–water partition coefficient (Wildman–Crippen LogP) is 7.45. The number of nitrogens with zero attached hydrogens (tertiary/aromatic N) is 2. The van der Waals surface area contributed by atoms with Gasteiger partial charge in [-0.3, -0.25) is 5.43 Å². The molecule has 1 aliphatic carbocycles. The van der Waals surface area contributed by atoms with Crippen LogP contribution < -0.4 is 5.43 Å². The lowest BCUT2D eigenvalue weighted by Crippen LogP contribution is -2.38. The quantitative estimate of drug-likeness (QED) is 0.207. The zero-order valence-electron chi connectivity index (χ0n) is 21.3. The van der Waals surface area contributed by atoms with Gasteiger partial charge in [-0.15, -0.1) is 11.3 Å². The molecule has 1 aromatic heterocycles. The first-order chi connectivity index (χ1) is 17.3. The van der Waals surface area contributed by atoms with Crippen molar-refractivity contribution in [1.29, 1.82) is 0 Å². The number of hydrogen-bond acceptors (Lipinski definition) is 5. The monoisotopic (exact) mass is 495 g/mol. The van der Waals surface area contributed by atoms with Crippen molar-refractivity contribution in [1.82, 2.24) is 4.98 Å². The van der Waals surface area contributed by atoms with Gasteiger partial charge in [0.05, 0.1) is 5.69 Å². The standard InChI is InChI=1S/C31H33N3OS/c1-20-15-21(2)27(22(3)16-20)31(4)17-25(18-31)26-19-36-30(32-26)34-33-28(23-11-7-5-8-12-23)29(35)24-13-9-6-10-14-24/h5-16,19,25,29,35H,17-18H2,1-4H3,(H,32,34)/b33-28-/t25?,29-,31?/m0/s1. The lowest BCUT2D eigenvalue weighted by molar-refractivity contribution is 0.220. The zero-order chi connectivity index (χ0) is 25.3. The molecule has 36 heavy (non-hydrogen) atoms. The molecule has 0 spiro atoms. The molecule has 5 heteroatoms. The van der Waals surface area contributed by atoms with E-state index in [0.717, 1.165) is 34.8 Å². The van der Waals surface area contributed by atoms with Gasteiger partial charge in [0, 0.05) is 16.9 Å². The SMILES string of the molecule is Cc1cc(C)c(C2(C)CC(c3csc(N/N=C(/c4ccccc4)[C@@H](O)c4ccccc4)n3)C2)c(C)c1. The summed E-state index contributed by atoms with van der Waals surface area (Å²) in [6, 6.07) is 24.0. The number of hydrazone groups is 1. The summed E-state index contributed by atoms with van der Waals surface area (Å²) in [5.74, 6) is 0.453. The number of hydrogen-bond donors (Lipinski definition) is 2. The second-order valence-electron chi connectivity index (χ2n) is 10.3. The van der Waals surface area contributed by atoms with Crippen molar-refractivity contribution in [3.63, 3.8) is 0 Å². The number of aliphatic hydroxyl groups excluding tert-OH is 1. The number of thiazole rings is 1. The minimum atomic E-state index is -0.839. The Morgan fingerprint density at radius 1 is 1.00 bits per heavy atom. The van der Waals surface area contributed by atoms with Crippen LogP contribution in [-0.2, 0) is 5.41 Å². The third-order valence-electron chi connectivity index (χ3n) is 7.33. The first kappa shape index (κ1) is 24.4. The van der Waals surface area contributed by atoms with E-state index in [4.69, 9.17) is 4.98 Å². The van der Waals surface area contributed by atoms with Crippen molar-refractivity contribution in [2.24, 2.45) is 5.10 Å². The van der Waals surface area contributed by atoms with Gasteiger partial charge in [-0.25, -0.2) is 4.98 Å². The lowest BCUT2D eigenvalue weighted by atomic mass is 9.57. The number of aliphatic hydroxyl groups is 1. The molecule has 0 saturated heterocycles. The van der Waals surface area contributed by atoms with Gasteiger partial charge in [-0.05, 0) is 61.3 Å². The summed E-state index contributed by atoms with van der Waals surface area (Å²) >= 11 is 1.57. The van der Waals surface area contributed by atoms with E-state index in [9.17, 15) is 5.11 Å². The lowest BCUT2D eigenvalue weighted by Gasteiger charge is -2.47. The Balaban J connectivity index is 1.32. The van der Waals surface area contributed by atoms with Gasteiger partial charge in [-0.2, -0.15) is 5.10 Å². The summed E-state index contributed by atoms with van der Waals surface area (Å²) in [6.07, 6.45) is 1.37. The molecule has 1 aliphatic rings. The van der Waals surface area contributed by atoms with Crippen LogP contribution in [0.4, 0.5) is 5.13 Å². The minimum absolute atomic E-state index is 0.197. The maximum atomic E-state index is 11.1. The van der Waals surface area contributed by atoms with Crippen LogP contribution >= 0.6 is 11.3 Å². The highest BCUT2D eigenvalue weighted by Crippen LogP contribution is 2.54. The van der Waals surface area contributed by atoms with Crippen LogP contribution in [0.2, 0.25) is 0 Å². The van der Waals surface area contributed by atoms with Crippen molar-refractivity contribution in [2.75, 3.05) is 5.43 Å². The van der Waals surface area contributed by atoms with Crippen LogP contribution in [0, 0.1) is 20.8 Å². The topological polar surface area (TPSA) is 57.5 Å². The molecule has 1 heterocycles. The molecule has 0 radical (unpaired) electrons. The second kappa shape index (κ2) is 10.00. The van der Waals surface area contributed by atoms with Crippen LogP contribution in [0.3, 0.4) is 0 Å². The first-order valence-corrected chi connectivity index (χ1v) is 13.4. The Morgan fingerprint density at radius 2 is 1.61 bits per heavy atom. The number of rotatable bonds is 7. The number of nitrogens with one attached hydrogen (secondary N) is 1. The smallest absolute Gasteiger partial charge is 0.203 e. The number of aromatic nitrogens is 1. The van der Waals surface area contributed by atoms with Gasteiger partial charge in [-0.1, -0.05) is 85.3 Å². The number of aryl methyl sites for hydroxylation is 3. The molecule has 0 aliphatic heterocycles. The highest BCUT2D eigenvalue weighted by molar-refractivity contribution is 7.13. The Bertz CT molecular complexity index is 1350. The Morgan fingerprint density at radius 3 is 2.25 bits per heavy atom. The molecule has 1 saturated carbocycles. The maximum Gasteiger partial charge on any atom is 0.203 e. The fourth-order valence-electron chi connectivity index (χ4n) is 5.89. The van der Waals surface area contributed by atoms with Crippen molar-refractivity contribution < 1.29 is 5.11 Å². The first-order valence-electron chi connectivity index (χ1n) is 12.5. The molecule has 1 fully saturated rings. The van der Waals surface area contributed by atoms with Gasteiger partial charge in [0.25, 0.3) is 0 Å². The Hall–Kier alpha value is -3.28. The van der Waals surface area contributed by atoms with E-state index in [1.165, 1.54) is 22.3 Å². The highest BCUT2D eigenvalue weighted by Gasteiger charge is 2.44. The van der Waals surface area contributed by atoms with Crippen molar-refractivity contribution in [2.45, 2.75) is 58.0 Å². The summed E-state index contributed by atoms with van der Waals surface area (Å²) in [5, 5.41) is 18.6. The normalized spacial score (nSPS) is 20.6. The molecule has 184 valence electrons. The van der Waals surface area contributed by atoms with E-state index < -0.39 is 6.10 Å². The van der Waals surface area contributed by atoms with E-state index in [-0.39, 0.29) is 5.41 Å². The molecule has 0 unspecified atom stereocenters. The molecule has 0 bridgehead atoms. The third kappa shape index (κ3) is 4.86. The van der Waals surface area contributed by atoms with Crippen LogP contribution in [-0.4, -0.2) is 15.8 Å². The molecule has 4 nitrogen and oxygen atoms in total. The summed E-state index contributed by atoms with van der Waals surface area (Å²) in [7, 11) is 0. The van der Waals surface area contributed by atoms with Crippen molar-refractivity contribution in [3.8, 4) is 0 Å². The summed E-state index contributed by atoms with van der Waals surface area (Å²) in [5.41, 5.74) is 12.3. The summed E-state index contributed by atoms with van der Waals surface area (Å²) in [6.45, 7) is 9.04. The molecule has 1 atom stereocenters. The van der Waals surface area contributed by atoms with Gasteiger partial charge in [0.2, 0.25) is 5.13 Å². The summed E-state index contributed by atoms with van der Waals surface area (Å²) in [4.78, 5) is 4.87. The fraction of sp³-hybridized carbons (Fsp3) is 0.290. The van der Waals surface area contributed by atoms with Crippen LogP contribution in [0.25, 0.3) is 0 Å². The highest BCUT2D eigenvalue weighted by atomic mass is 32.1. The molecule has 2 N–H and O–H groups in total. The number of benzene rings is 3. The van der Waals surface area contributed by atoms with Crippen LogP contribution in [0.15, 0.2) is 83.3 Å². The maximum absolute atomic E-state index is 11.1. The third-order valence-corrected chi connectivity index (χ3v) is 8.10. The van der Waals surface area contributed by atoms with E-state index in [1.807, 2.05) is 60.7 Å². The zero-order valence-corrected chi connectivity index (χ0v) is 22.1. The van der Waals surface area contributed by atoms with Gasteiger partial charge >= 0.3 is 0 Å². The van der Waals surface area contributed by atoms with E-state index in [1.54, 1.807) is 11.3 Å². The van der Waals surface area contributed by atoms with E-state index >= 15 is 0 Å². The van der Waals surface area contributed by atoms with Crippen molar-refractivity contribution >= 4 is 22.2 Å². The van der Waals surface area contributed by atoms with E-state index in [2.05, 4.69) is 55.7 Å². The Kier molecular flexibility index (Phi) is 6.78. The predicted molar refractivity (Wildman–Crippen MR) is 150 cm³/mol. The number of anilines is 1. The minimum Gasteiger partial charge on any atom is -0.382 e. The van der Waals surface area contributed by atoms with Gasteiger partial charge in [0.15, 0.2) is 0 Å². The average Bonchev–Trinajstić information content (AvgIpc) is 3.31. The van der Waals surface area contributed by atoms with Crippen LogP contribution in [0.5, 0.6) is 0 Å². The molecule has 4 aromatic rings. The summed E-state index contributed by atoms with van der Waals surface area (Å²) < 4.78 is 0. The van der Waals surface area contributed by atoms with Gasteiger partial charge < -0.3 is 5.11 Å². The van der Waals surface area contributed by atoms with Gasteiger partial charge in [0.1, 0.15) is 11.8 Å². The molecule has 5 rings (SSSR count). The van der Waals surface area contributed by atoms with E-state index in [0.29, 0.717) is 11.6 Å². The Labute approximate surface area is 217 Å². The molecular weight excluding hydrogens is 462 g/mol. The molecular formula is C31H33N3OS. The fourth-order valence-corrected chi connectivity index (χ4v) is 6.63. The average molecular weight is 496 g/mol.